The van der Waals surface area contributed by atoms with Crippen LogP contribution in [0.25, 0.3) is 0 Å². The summed E-state index contributed by atoms with van der Waals surface area (Å²) in [5.41, 5.74) is 0. The zero-order valence-corrected chi connectivity index (χ0v) is 13.2. The molecule has 0 bridgehead atoms. The van der Waals surface area contributed by atoms with E-state index in [4.69, 9.17) is 4.42 Å². The van der Waals surface area contributed by atoms with Crippen LogP contribution in [0.15, 0.2) is 27.8 Å². The third-order valence-electron chi connectivity index (χ3n) is 3.10. The van der Waals surface area contributed by atoms with Crippen molar-refractivity contribution in [3.05, 3.63) is 35.8 Å². The van der Waals surface area contributed by atoms with Crippen molar-refractivity contribution in [2.24, 2.45) is 7.05 Å². The second-order valence-corrected chi connectivity index (χ2v) is 6.43. The van der Waals surface area contributed by atoms with Crippen molar-refractivity contribution in [3.8, 4) is 0 Å². The molecule has 0 radical (unpaired) electrons. The molecule has 116 valence electrons. The Morgan fingerprint density at radius 1 is 1.38 bits per heavy atom. The van der Waals surface area contributed by atoms with Crippen LogP contribution in [0.5, 0.6) is 0 Å². The SMILES string of the molecule is CCNCc1cc(S(=O)(=O)NCc2nccn2C)c(C)o1. The molecule has 2 heterocycles. The van der Waals surface area contributed by atoms with Gasteiger partial charge in [0.25, 0.3) is 0 Å². The second-order valence-electron chi connectivity index (χ2n) is 4.69. The summed E-state index contributed by atoms with van der Waals surface area (Å²) < 4.78 is 34.4. The maximum Gasteiger partial charge on any atom is 0.244 e. The molecule has 0 spiro atoms. The number of hydrogen-bond donors (Lipinski definition) is 2. The number of aromatic nitrogens is 2. The molecule has 0 saturated carbocycles. The van der Waals surface area contributed by atoms with Crippen molar-refractivity contribution in [1.29, 1.82) is 0 Å². The first-order valence-corrected chi connectivity index (χ1v) is 8.18. The Morgan fingerprint density at radius 3 is 2.76 bits per heavy atom. The van der Waals surface area contributed by atoms with Crippen molar-refractivity contribution in [3.63, 3.8) is 0 Å². The van der Waals surface area contributed by atoms with Crippen LogP contribution < -0.4 is 10.0 Å². The van der Waals surface area contributed by atoms with Crippen molar-refractivity contribution in [2.45, 2.75) is 31.8 Å². The highest BCUT2D eigenvalue weighted by molar-refractivity contribution is 7.89. The minimum atomic E-state index is -3.61. The van der Waals surface area contributed by atoms with Gasteiger partial charge in [-0.3, -0.25) is 0 Å². The number of nitrogens with zero attached hydrogens (tertiary/aromatic N) is 2. The van der Waals surface area contributed by atoms with Gasteiger partial charge in [0.2, 0.25) is 10.0 Å². The summed E-state index contributed by atoms with van der Waals surface area (Å²) in [5.74, 6) is 1.63. The molecule has 0 unspecified atom stereocenters. The van der Waals surface area contributed by atoms with Crippen LogP contribution in [-0.4, -0.2) is 24.5 Å². The van der Waals surface area contributed by atoms with Crippen LogP contribution in [0, 0.1) is 6.92 Å². The van der Waals surface area contributed by atoms with Gasteiger partial charge in [-0.05, 0) is 13.5 Å². The lowest BCUT2D eigenvalue weighted by molar-refractivity contribution is 0.460. The Morgan fingerprint density at radius 2 is 2.14 bits per heavy atom. The number of hydrogen-bond acceptors (Lipinski definition) is 5. The predicted octanol–water partition coefficient (Wildman–Crippen LogP) is 0.910. The van der Waals surface area contributed by atoms with E-state index in [1.54, 1.807) is 30.0 Å². The number of sulfonamides is 1. The molecule has 0 saturated heterocycles. The van der Waals surface area contributed by atoms with Gasteiger partial charge in [-0.15, -0.1) is 0 Å². The van der Waals surface area contributed by atoms with Crippen molar-refractivity contribution < 1.29 is 12.8 Å². The Labute approximate surface area is 124 Å². The van der Waals surface area contributed by atoms with Gasteiger partial charge in [-0.2, -0.15) is 0 Å². The topological polar surface area (TPSA) is 89.2 Å². The number of furan rings is 1. The summed E-state index contributed by atoms with van der Waals surface area (Å²) in [4.78, 5) is 4.25. The maximum atomic E-state index is 12.3. The molecule has 0 aromatic carbocycles. The zero-order valence-electron chi connectivity index (χ0n) is 12.4. The van der Waals surface area contributed by atoms with Gasteiger partial charge in [-0.25, -0.2) is 18.1 Å². The van der Waals surface area contributed by atoms with Gasteiger partial charge in [-0.1, -0.05) is 6.92 Å². The van der Waals surface area contributed by atoms with E-state index in [-0.39, 0.29) is 11.4 Å². The van der Waals surface area contributed by atoms with E-state index >= 15 is 0 Å². The molecule has 0 aliphatic heterocycles. The first-order chi connectivity index (χ1) is 9.94. The third-order valence-corrected chi connectivity index (χ3v) is 4.61. The molecule has 2 rings (SSSR count). The van der Waals surface area contributed by atoms with Crippen molar-refractivity contribution in [2.75, 3.05) is 6.54 Å². The fourth-order valence-electron chi connectivity index (χ4n) is 1.93. The Balaban J connectivity index is 2.12. The first-order valence-electron chi connectivity index (χ1n) is 6.70. The van der Waals surface area contributed by atoms with Crippen LogP contribution in [0.2, 0.25) is 0 Å². The van der Waals surface area contributed by atoms with E-state index in [0.717, 1.165) is 6.54 Å². The second kappa shape index (κ2) is 6.42. The molecule has 2 aromatic heterocycles. The van der Waals surface area contributed by atoms with E-state index in [2.05, 4.69) is 15.0 Å². The summed E-state index contributed by atoms with van der Waals surface area (Å²) in [7, 11) is -1.80. The number of nitrogens with one attached hydrogen (secondary N) is 2. The molecular formula is C13H20N4O3S. The van der Waals surface area contributed by atoms with E-state index < -0.39 is 10.0 Å². The zero-order chi connectivity index (χ0) is 15.5. The molecule has 2 N–H and O–H groups in total. The summed E-state index contributed by atoms with van der Waals surface area (Å²) in [6.45, 7) is 5.05. The van der Waals surface area contributed by atoms with Gasteiger partial charge < -0.3 is 14.3 Å². The third kappa shape index (κ3) is 3.72. The molecule has 0 aliphatic rings. The van der Waals surface area contributed by atoms with E-state index in [1.165, 1.54) is 0 Å². The monoisotopic (exact) mass is 312 g/mol. The predicted molar refractivity (Wildman–Crippen MR) is 78.1 cm³/mol. The quantitative estimate of drug-likeness (QED) is 0.793. The minimum Gasteiger partial charge on any atom is -0.464 e. The fourth-order valence-corrected chi connectivity index (χ4v) is 3.11. The van der Waals surface area contributed by atoms with Crippen LogP contribution in [0.1, 0.15) is 24.3 Å². The summed E-state index contributed by atoms with van der Waals surface area (Å²) in [6, 6.07) is 1.55. The number of rotatable bonds is 7. The van der Waals surface area contributed by atoms with Crippen LogP contribution in [0.4, 0.5) is 0 Å². The number of imidazole rings is 1. The molecule has 2 aromatic rings. The van der Waals surface area contributed by atoms with E-state index in [9.17, 15) is 8.42 Å². The largest absolute Gasteiger partial charge is 0.464 e. The molecule has 8 heteroatoms. The van der Waals surface area contributed by atoms with Crippen LogP contribution in [-0.2, 0) is 30.2 Å². The summed E-state index contributed by atoms with van der Waals surface area (Å²) >= 11 is 0. The van der Waals surface area contributed by atoms with Gasteiger partial charge in [0.15, 0.2) is 0 Å². The van der Waals surface area contributed by atoms with Gasteiger partial charge in [0.05, 0.1) is 13.1 Å². The van der Waals surface area contributed by atoms with E-state index in [0.29, 0.717) is 23.9 Å². The highest BCUT2D eigenvalue weighted by Crippen LogP contribution is 2.20. The minimum absolute atomic E-state index is 0.138. The number of aryl methyl sites for hydroxylation is 2. The van der Waals surface area contributed by atoms with Crippen molar-refractivity contribution >= 4 is 10.0 Å². The molecule has 0 amide bonds. The molecule has 7 nitrogen and oxygen atoms in total. The Bertz CT molecular complexity index is 703. The highest BCUT2D eigenvalue weighted by Gasteiger charge is 2.21. The van der Waals surface area contributed by atoms with Crippen LogP contribution >= 0.6 is 0 Å². The normalized spacial score (nSPS) is 12.0. The highest BCUT2D eigenvalue weighted by atomic mass is 32.2. The average Bonchev–Trinajstić information content (AvgIpc) is 3.00. The summed E-state index contributed by atoms with van der Waals surface area (Å²) in [6.07, 6.45) is 3.39. The lowest BCUT2D eigenvalue weighted by atomic mass is 10.4. The van der Waals surface area contributed by atoms with Crippen molar-refractivity contribution in [1.82, 2.24) is 19.6 Å². The van der Waals surface area contributed by atoms with E-state index in [1.807, 2.05) is 14.0 Å². The van der Waals surface area contributed by atoms with Crippen LogP contribution in [0.3, 0.4) is 0 Å². The smallest absolute Gasteiger partial charge is 0.244 e. The van der Waals surface area contributed by atoms with Gasteiger partial charge in [0.1, 0.15) is 22.2 Å². The molecule has 21 heavy (non-hydrogen) atoms. The van der Waals surface area contributed by atoms with Gasteiger partial charge >= 0.3 is 0 Å². The molecular weight excluding hydrogens is 292 g/mol. The summed E-state index contributed by atoms with van der Waals surface area (Å²) in [5, 5.41) is 3.10. The Kier molecular flexibility index (Phi) is 4.81. The average molecular weight is 312 g/mol. The fraction of sp³-hybridized carbons (Fsp3) is 0.462. The first kappa shape index (κ1) is 15.7. The lowest BCUT2D eigenvalue weighted by Gasteiger charge is -2.05. The standard InChI is InChI=1S/C13H20N4O3S/c1-4-14-8-11-7-12(10(2)20-11)21(18,19)16-9-13-15-5-6-17(13)3/h5-7,14,16H,4,8-9H2,1-3H3. The lowest BCUT2D eigenvalue weighted by Crippen LogP contribution is -2.25. The Hall–Kier alpha value is -1.64. The van der Waals surface area contributed by atoms with Gasteiger partial charge in [0, 0.05) is 25.5 Å². The molecule has 0 atom stereocenters. The molecule has 0 aliphatic carbocycles. The maximum absolute atomic E-state index is 12.3. The molecule has 0 fully saturated rings.